The number of carbonyl (C=O) groups is 1. The lowest BCUT2D eigenvalue weighted by Crippen LogP contribution is -2.59. The summed E-state index contributed by atoms with van der Waals surface area (Å²) >= 11 is 4.84. The topological polar surface area (TPSA) is 55.1 Å². The first-order valence-electron chi connectivity index (χ1n) is 6.35. The van der Waals surface area contributed by atoms with Gasteiger partial charge in [-0.2, -0.15) is 0 Å². The second-order valence-electron chi connectivity index (χ2n) is 5.06. The van der Waals surface area contributed by atoms with Crippen molar-refractivity contribution in [3.63, 3.8) is 0 Å². The maximum Gasteiger partial charge on any atom is 0.261 e. The summed E-state index contributed by atoms with van der Waals surface area (Å²) in [6.07, 6.45) is 4.52. The third kappa shape index (κ3) is 2.78. The maximum absolute atomic E-state index is 12.3. The Bertz CT molecular complexity index is 434. The van der Waals surface area contributed by atoms with Gasteiger partial charge in [0.1, 0.15) is 0 Å². The molecule has 2 rings (SSSR count). The minimum Gasteiger partial charge on any atom is -0.344 e. The molecule has 1 aromatic heterocycles. The molecule has 3 N–H and O–H groups in total. The molecule has 0 aliphatic heterocycles. The summed E-state index contributed by atoms with van der Waals surface area (Å²) in [5, 5.41) is 3.19. The number of nitrogens with one attached hydrogen (secondary N) is 1. The summed E-state index contributed by atoms with van der Waals surface area (Å²) in [6, 6.07) is 3.75. The predicted molar refractivity (Wildman–Crippen MR) is 78.9 cm³/mol. The van der Waals surface area contributed by atoms with Gasteiger partial charge in [-0.15, -0.1) is 11.3 Å². The number of amides is 1. The number of rotatable bonds is 3. The van der Waals surface area contributed by atoms with Gasteiger partial charge in [0.25, 0.3) is 5.91 Å². The molecule has 0 aromatic carbocycles. The van der Waals surface area contributed by atoms with Crippen molar-refractivity contribution in [3.8, 4) is 0 Å². The van der Waals surface area contributed by atoms with Crippen LogP contribution in [-0.2, 0) is 0 Å². The molecule has 1 amide bonds. The van der Waals surface area contributed by atoms with Crippen molar-refractivity contribution in [1.29, 1.82) is 0 Å². The lowest BCUT2D eigenvalue weighted by atomic mass is 9.73. The number of halogens is 1. The van der Waals surface area contributed by atoms with Crippen LogP contribution < -0.4 is 11.1 Å². The Morgan fingerprint density at radius 3 is 2.94 bits per heavy atom. The third-order valence-corrected chi connectivity index (χ3v) is 5.60. The number of thiophene rings is 1. The molecule has 0 radical (unpaired) electrons. The van der Waals surface area contributed by atoms with Gasteiger partial charge in [-0.05, 0) is 46.8 Å². The van der Waals surface area contributed by atoms with Crippen molar-refractivity contribution in [2.45, 2.75) is 38.1 Å². The van der Waals surface area contributed by atoms with Gasteiger partial charge in [0, 0.05) is 6.54 Å². The van der Waals surface area contributed by atoms with Crippen LogP contribution in [-0.4, -0.2) is 18.0 Å². The summed E-state index contributed by atoms with van der Waals surface area (Å²) in [6.45, 7) is 2.71. The molecule has 2 unspecified atom stereocenters. The molecule has 1 aliphatic rings. The molecule has 3 nitrogen and oxygen atoms in total. The van der Waals surface area contributed by atoms with E-state index in [1.54, 1.807) is 0 Å². The fraction of sp³-hybridized carbons (Fsp3) is 0.615. The highest BCUT2D eigenvalue weighted by Crippen LogP contribution is 2.33. The van der Waals surface area contributed by atoms with Crippen LogP contribution in [0.25, 0.3) is 0 Å². The van der Waals surface area contributed by atoms with Crippen molar-refractivity contribution >= 4 is 33.2 Å². The molecule has 0 saturated heterocycles. The van der Waals surface area contributed by atoms with Crippen LogP contribution in [0.5, 0.6) is 0 Å². The highest BCUT2D eigenvalue weighted by molar-refractivity contribution is 9.11. The smallest absolute Gasteiger partial charge is 0.261 e. The van der Waals surface area contributed by atoms with E-state index in [1.807, 2.05) is 12.1 Å². The number of nitrogens with two attached hydrogens (primary N) is 1. The van der Waals surface area contributed by atoms with E-state index >= 15 is 0 Å². The highest BCUT2D eigenvalue weighted by atomic mass is 79.9. The van der Waals surface area contributed by atoms with Crippen molar-refractivity contribution in [3.05, 3.63) is 20.8 Å². The van der Waals surface area contributed by atoms with Crippen molar-refractivity contribution in [2.24, 2.45) is 11.7 Å². The minimum absolute atomic E-state index is 0.00454. The maximum atomic E-state index is 12.3. The molecule has 5 heteroatoms. The van der Waals surface area contributed by atoms with Crippen LogP contribution in [0.4, 0.5) is 0 Å². The average molecular weight is 331 g/mol. The second kappa shape index (κ2) is 5.72. The van der Waals surface area contributed by atoms with E-state index in [4.69, 9.17) is 5.73 Å². The van der Waals surface area contributed by atoms with Gasteiger partial charge in [0.2, 0.25) is 0 Å². The van der Waals surface area contributed by atoms with Crippen molar-refractivity contribution in [1.82, 2.24) is 5.32 Å². The Morgan fingerprint density at radius 2 is 2.39 bits per heavy atom. The molecule has 1 heterocycles. The monoisotopic (exact) mass is 330 g/mol. The molecule has 1 saturated carbocycles. The molecule has 18 heavy (non-hydrogen) atoms. The average Bonchev–Trinajstić information content (AvgIpc) is 2.79. The molecule has 0 spiro atoms. The molecule has 100 valence electrons. The van der Waals surface area contributed by atoms with Crippen LogP contribution >= 0.6 is 27.3 Å². The fourth-order valence-corrected chi connectivity index (χ4v) is 3.96. The molecule has 1 aliphatic carbocycles. The van der Waals surface area contributed by atoms with Gasteiger partial charge >= 0.3 is 0 Å². The van der Waals surface area contributed by atoms with E-state index in [9.17, 15) is 4.79 Å². The van der Waals surface area contributed by atoms with E-state index in [0.29, 0.717) is 12.5 Å². The lowest BCUT2D eigenvalue weighted by molar-refractivity contribution is 0.0817. The van der Waals surface area contributed by atoms with Crippen LogP contribution in [0, 0.1) is 5.92 Å². The quantitative estimate of drug-likeness (QED) is 0.894. The normalized spacial score (nSPS) is 28.1. The molecule has 2 atom stereocenters. The van der Waals surface area contributed by atoms with Crippen LogP contribution in [0.15, 0.2) is 15.9 Å². The largest absolute Gasteiger partial charge is 0.344 e. The zero-order valence-corrected chi connectivity index (χ0v) is 12.9. The standard InChI is InChI=1S/C13H19BrN2OS/c1-9-4-2-3-7-13(9,8-15)16-12(17)10-5-6-11(14)18-10/h5-6,9H,2-4,7-8,15H2,1H3,(H,16,17). The SMILES string of the molecule is CC1CCCCC1(CN)NC(=O)c1ccc(Br)s1. The van der Waals surface area contributed by atoms with E-state index in [2.05, 4.69) is 28.2 Å². The first-order valence-corrected chi connectivity index (χ1v) is 7.96. The Labute approximate surface area is 120 Å². The van der Waals surface area contributed by atoms with Crippen LogP contribution in [0.1, 0.15) is 42.3 Å². The third-order valence-electron chi connectivity index (χ3n) is 3.98. The summed E-state index contributed by atoms with van der Waals surface area (Å²) in [7, 11) is 0. The van der Waals surface area contributed by atoms with Crippen LogP contribution in [0.2, 0.25) is 0 Å². The van der Waals surface area contributed by atoms with E-state index in [-0.39, 0.29) is 11.4 Å². The summed E-state index contributed by atoms with van der Waals surface area (Å²) in [5.74, 6) is 0.452. The van der Waals surface area contributed by atoms with Crippen molar-refractivity contribution in [2.75, 3.05) is 6.54 Å². The van der Waals surface area contributed by atoms with Gasteiger partial charge in [0.05, 0.1) is 14.2 Å². The van der Waals surface area contributed by atoms with E-state index in [0.717, 1.165) is 27.9 Å². The summed E-state index contributed by atoms with van der Waals surface area (Å²) in [4.78, 5) is 13.0. The molecule has 1 fully saturated rings. The first-order chi connectivity index (χ1) is 8.57. The highest BCUT2D eigenvalue weighted by Gasteiger charge is 2.38. The van der Waals surface area contributed by atoms with Crippen LogP contribution in [0.3, 0.4) is 0 Å². The fourth-order valence-electron chi connectivity index (χ4n) is 2.68. The van der Waals surface area contributed by atoms with Gasteiger partial charge in [-0.3, -0.25) is 4.79 Å². The Morgan fingerprint density at radius 1 is 1.61 bits per heavy atom. The van der Waals surface area contributed by atoms with Crippen molar-refractivity contribution < 1.29 is 4.79 Å². The predicted octanol–water partition coefficient (Wildman–Crippen LogP) is 3.15. The Hall–Kier alpha value is -0.390. The minimum atomic E-state index is -0.216. The Balaban J connectivity index is 2.12. The van der Waals surface area contributed by atoms with Gasteiger partial charge in [-0.1, -0.05) is 19.8 Å². The summed E-state index contributed by atoms with van der Waals surface area (Å²) < 4.78 is 0.978. The van der Waals surface area contributed by atoms with Gasteiger partial charge in [-0.25, -0.2) is 0 Å². The zero-order valence-electron chi connectivity index (χ0n) is 10.5. The number of hydrogen-bond donors (Lipinski definition) is 2. The lowest BCUT2D eigenvalue weighted by Gasteiger charge is -2.42. The number of hydrogen-bond acceptors (Lipinski definition) is 3. The van der Waals surface area contributed by atoms with Gasteiger partial charge in [0.15, 0.2) is 0 Å². The van der Waals surface area contributed by atoms with E-state index in [1.165, 1.54) is 17.8 Å². The first kappa shape index (κ1) is 14.0. The molecular weight excluding hydrogens is 312 g/mol. The Kier molecular flexibility index (Phi) is 4.45. The summed E-state index contributed by atoms with van der Waals surface area (Å²) in [5.41, 5.74) is 5.72. The molecule has 0 bridgehead atoms. The second-order valence-corrected chi connectivity index (χ2v) is 7.53. The number of carbonyl (C=O) groups excluding carboxylic acids is 1. The molecular formula is C13H19BrN2OS. The molecule has 1 aromatic rings. The van der Waals surface area contributed by atoms with Gasteiger partial charge < -0.3 is 11.1 Å². The zero-order chi connectivity index (χ0) is 13.2. The van der Waals surface area contributed by atoms with E-state index < -0.39 is 0 Å².